The second-order valence-electron chi connectivity index (χ2n) is 6.98. The van der Waals surface area contributed by atoms with Gasteiger partial charge in [-0.15, -0.1) is 0 Å². The Labute approximate surface area is 167 Å². The molecule has 0 radical (unpaired) electrons. The summed E-state index contributed by atoms with van der Waals surface area (Å²) in [7, 11) is 1.65. The van der Waals surface area contributed by atoms with E-state index >= 15 is 0 Å². The third kappa shape index (κ3) is 5.71. The summed E-state index contributed by atoms with van der Waals surface area (Å²) >= 11 is 0. The van der Waals surface area contributed by atoms with Crippen molar-refractivity contribution in [3.63, 3.8) is 0 Å². The number of ether oxygens (including phenoxy) is 1. The molecule has 7 heteroatoms. The van der Waals surface area contributed by atoms with E-state index in [1.807, 2.05) is 24.3 Å². The van der Waals surface area contributed by atoms with Gasteiger partial charge in [-0.2, -0.15) is 4.98 Å². The quantitative estimate of drug-likeness (QED) is 0.404. The van der Waals surface area contributed by atoms with Crippen LogP contribution in [0.3, 0.4) is 0 Å². The van der Waals surface area contributed by atoms with Gasteiger partial charge in [0.15, 0.2) is 5.96 Å². The molecule has 1 fully saturated rings. The topological polar surface area (TPSA) is 75.8 Å². The Morgan fingerprint density at radius 3 is 2.68 bits per heavy atom. The van der Waals surface area contributed by atoms with Crippen LogP contribution in [0.25, 0.3) is 11.4 Å². The zero-order chi connectivity index (χ0) is 19.6. The molecule has 1 aromatic carbocycles. The summed E-state index contributed by atoms with van der Waals surface area (Å²) in [5.74, 6) is 3.21. The largest absolute Gasteiger partial charge is 0.497 e. The fourth-order valence-electron chi connectivity index (χ4n) is 3.32. The van der Waals surface area contributed by atoms with Crippen molar-refractivity contribution in [3.8, 4) is 17.1 Å². The minimum absolute atomic E-state index is 0.628. The van der Waals surface area contributed by atoms with E-state index in [1.54, 1.807) is 7.11 Å². The Kier molecular flexibility index (Phi) is 7.70. The second-order valence-corrected chi connectivity index (χ2v) is 6.98. The Hall–Kier alpha value is -2.57. The first kappa shape index (κ1) is 20.2. The number of nitrogens with zero attached hydrogens (tertiary/aromatic N) is 4. The molecule has 0 aliphatic carbocycles. The van der Waals surface area contributed by atoms with E-state index in [1.165, 1.54) is 12.8 Å². The van der Waals surface area contributed by atoms with E-state index in [0.717, 1.165) is 69.1 Å². The van der Waals surface area contributed by atoms with Crippen LogP contribution in [0.4, 0.5) is 0 Å². The Bertz CT molecular complexity index is 736. The van der Waals surface area contributed by atoms with Gasteiger partial charge in [-0.05, 0) is 56.9 Å². The summed E-state index contributed by atoms with van der Waals surface area (Å²) in [4.78, 5) is 11.6. The minimum atomic E-state index is 0.628. The van der Waals surface area contributed by atoms with Gasteiger partial charge in [0.25, 0.3) is 0 Å². The zero-order valence-electron chi connectivity index (χ0n) is 17.0. The van der Waals surface area contributed by atoms with Gasteiger partial charge in [-0.25, -0.2) is 0 Å². The molecule has 2 heterocycles. The number of methoxy groups -OCH3 is 1. The first-order valence-corrected chi connectivity index (χ1v) is 10.3. The van der Waals surface area contributed by atoms with Gasteiger partial charge in [0.05, 0.1) is 7.11 Å². The molecule has 1 N–H and O–H groups in total. The molecule has 1 aliphatic rings. The summed E-state index contributed by atoms with van der Waals surface area (Å²) < 4.78 is 10.6. The number of rotatable bonds is 9. The molecule has 0 saturated carbocycles. The standard InChI is InChI=1S/C21H31N5O2/c1-3-22-21(26-15-7-8-16-26)23-14-6-4-5-9-19-24-20(25-28-19)17-10-12-18(27-2)13-11-17/h10-13H,3-9,14-16H2,1-2H3,(H,22,23). The number of hydrogen-bond donors (Lipinski definition) is 1. The van der Waals surface area contributed by atoms with Gasteiger partial charge in [-0.3, -0.25) is 4.99 Å². The monoisotopic (exact) mass is 385 g/mol. The predicted octanol–water partition coefficient (Wildman–Crippen LogP) is 3.52. The van der Waals surface area contributed by atoms with E-state index in [0.29, 0.717) is 11.7 Å². The van der Waals surface area contributed by atoms with Crippen LogP contribution in [0.2, 0.25) is 0 Å². The van der Waals surface area contributed by atoms with Crippen molar-refractivity contribution in [3.05, 3.63) is 30.2 Å². The molecule has 3 rings (SSSR count). The number of aromatic nitrogens is 2. The average molecular weight is 386 g/mol. The molecule has 1 aromatic heterocycles. The highest BCUT2D eigenvalue weighted by Gasteiger charge is 2.15. The number of unbranched alkanes of at least 4 members (excludes halogenated alkanes) is 2. The molecule has 152 valence electrons. The lowest BCUT2D eigenvalue weighted by Crippen LogP contribution is -2.39. The van der Waals surface area contributed by atoms with Gasteiger partial charge in [-0.1, -0.05) is 11.6 Å². The summed E-state index contributed by atoms with van der Waals surface area (Å²) in [6.45, 7) is 6.15. The highest BCUT2D eigenvalue weighted by molar-refractivity contribution is 5.80. The highest BCUT2D eigenvalue weighted by atomic mass is 16.5. The molecule has 0 spiro atoms. The van der Waals surface area contributed by atoms with Crippen LogP contribution in [0.5, 0.6) is 5.75 Å². The highest BCUT2D eigenvalue weighted by Crippen LogP contribution is 2.20. The first-order chi connectivity index (χ1) is 13.8. The molecule has 0 unspecified atom stereocenters. The number of likely N-dealkylation sites (tertiary alicyclic amines) is 1. The van der Waals surface area contributed by atoms with Gasteiger partial charge in [0.2, 0.25) is 11.7 Å². The lowest BCUT2D eigenvalue weighted by molar-refractivity contribution is 0.374. The Balaban J connectivity index is 1.39. The summed E-state index contributed by atoms with van der Waals surface area (Å²) in [5.41, 5.74) is 0.933. The molecule has 0 atom stereocenters. The molecule has 2 aromatic rings. The van der Waals surface area contributed by atoms with Crippen LogP contribution in [0.1, 0.15) is 44.9 Å². The van der Waals surface area contributed by atoms with Crippen LogP contribution in [0, 0.1) is 0 Å². The Morgan fingerprint density at radius 2 is 1.96 bits per heavy atom. The predicted molar refractivity (Wildman–Crippen MR) is 111 cm³/mol. The van der Waals surface area contributed by atoms with Crippen molar-refractivity contribution in [1.82, 2.24) is 20.4 Å². The maximum Gasteiger partial charge on any atom is 0.226 e. The first-order valence-electron chi connectivity index (χ1n) is 10.3. The molecule has 7 nitrogen and oxygen atoms in total. The van der Waals surface area contributed by atoms with Crippen molar-refractivity contribution >= 4 is 5.96 Å². The van der Waals surface area contributed by atoms with E-state index in [9.17, 15) is 0 Å². The lowest BCUT2D eigenvalue weighted by atomic mass is 10.2. The van der Waals surface area contributed by atoms with Gasteiger partial charge < -0.3 is 19.5 Å². The number of aliphatic imine (C=N–C) groups is 1. The third-order valence-electron chi connectivity index (χ3n) is 4.87. The van der Waals surface area contributed by atoms with Crippen molar-refractivity contribution in [2.75, 3.05) is 33.3 Å². The van der Waals surface area contributed by atoms with Crippen LogP contribution in [-0.2, 0) is 6.42 Å². The smallest absolute Gasteiger partial charge is 0.226 e. The number of aryl methyl sites for hydroxylation is 1. The van der Waals surface area contributed by atoms with Crippen molar-refractivity contribution in [2.24, 2.45) is 4.99 Å². The lowest BCUT2D eigenvalue weighted by Gasteiger charge is -2.20. The normalized spacial score (nSPS) is 14.5. The van der Waals surface area contributed by atoms with E-state index in [4.69, 9.17) is 14.3 Å². The fraction of sp³-hybridized carbons (Fsp3) is 0.571. The molecular weight excluding hydrogens is 354 g/mol. The van der Waals surface area contributed by atoms with Gasteiger partial charge in [0, 0.05) is 38.2 Å². The van der Waals surface area contributed by atoms with Crippen molar-refractivity contribution in [2.45, 2.75) is 45.4 Å². The van der Waals surface area contributed by atoms with Crippen molar-refractivity contribution < 1.29 is 9.26 Å². The van der Waals surface area contributed by atoms with E-state index in [2.05, 4.69) is 27.3 Å². The zero-order valence-corrected chi connectivity index (χ0v) is 17.0. The Morgan fingerprint density at radius 1 is 1.18 bits per heavy atom. The molecular formula is C21H31N5O2. The fourth-order valence-corrected chi connectivity index (χ4v) is 3.32. The summed E-state index contributed by atoms with van der Waals surface area (Å²) in [6.07, 6.45) is 6.55. The van der Waals surface area contributed by atoms with Gasteiger partial charge in [0.1, 0.15) is 5.75 Å². The molecule has 1 saturated heterocycles. The number of hydrogen-bond acceptors (Lipinski definition) is 5. The molecule has 0 amide bonds. The molecule has 0 bridgehead atoms. The maximum atomic E-state index is 5.38. The average Bonchev–Trinajstić information content (AvgIpc) is 3.42. The van der Waals surface area contributed by atoms with Crippen molar-refractivity contribution in [1.29, 1.82) is 0 Å². The number of nitrogens with one attached hydrogen (secondary N) is 1. The van der Waals surface area contributed by atoms with E-state index in [-0.39, 0.29) is 0 Å². The summed E-state index contributed by atoms with van der Waals surface area (Å²) in [5, 5.41) is 7.48. The number of guanidine groups is 1. The molecule has 1 aliphatic heterocycles. The third-order valence-corrected chi connectivity index (χ3v) is 4.87. The van der Waals surface area contributed by atoms with Crippen LogP contribution < -0.4 is 10.1 Å². The van der Waals surface area contributed by atoms with Gasteiger partial charge >= 0.3 is 0 Å². The second kappa shape index (κ2) is 10.7. The van der Waals surface area contributed by atoms with Crippen LogP contribution >= 0.6 is 0 Å². The number of benzene rings is 1. The van der Waals surface area contributed by atoms with Crippen LogP contribution in [-0.4, -0.2) is 54.3 Å². The molecule has 28 heavy (non-hydrogen) atoms. The van der Waals surface area contributed by atoms with Crippen LogP contribution in [0.15, 0.2) is 33.8 Å². The maximum absolute atomic E-state index is 5.38. The summed E-state index contributed by atoms with van der Waals surface area (Å²) in [6, 6.07) is 7.67. The minimum Gasteiger partial charge on any atom is -0.497 e. The SMILES string of the molecule is CCNC(=NCCCCCc1nc(-c2ccc(OC)cc2)no1)N1CCCC1. The van der Waals surface area contributed by atoms with E-state index < -0.39 is 0 Å².